The highest BCUT2D eigenvalue weighted by molar-refractivity contribution is 7.86. The molecule has 1 fully saturated rings. The molecule has 1 N–H and O–H groups in total. The Labute approximate surface area is 141 Å². The van der Waals surface area contributed by atoms with Gasteiger partial charge in [-0.2, -0.15) is 0 Å². The van der Waals surface area contributed by atoms with E-state index in [0.717, 1.165) is 11.4 Å². The average molecular weight is 337 g/mol. The van der Waals surface area contributed by atoms with Crippen molar-refractivity contribution in [2.45, 2.75) is 38.5 Å². The molecule has 2 amide bonds. The van der Waals surface area contributed by atoms with Gasteiger partial charge in [-0.05, 0) is 45.9 Å². The Bertz CT molecular complexity index is 601. The second-order valence-corrected chi connectivity index (χ2v) is 9.12. The minimum Gasteiger partial charge on any atom is -0.372 e. The smallest absolute Gasteiger partial charge is 0.321 e. The van der Waals surface area contributed by atoms with Crippen LogP contribution in [0, 0.1) is 0 Å². The zero-order valence-corrected chi connectivity index (χ0v) is 15.4. The lowest BCUT2D eigenvalue weighted by Crippen LogP contribution is -2.53. The van der Waals surface area contributed by atoms with Crippen molar-refractivity contribution in [1.82, 2.24) is 4.90 Å². The Hall–Kier alpha value is -1.56. The van der Waals surface area contributed by atoms with Gasteiger partial charge >= 0.3 is 6.03 Å². The number of nitrogens with zero attached hydrogens (tertiary/aromatic N) is 2. The van der Waals surface area contributed by atoms with Crippen LogP contribution < -0.4 is 10.2 Å². The van der Waals surface area contributed by atoms with Gasteiger partial charge in [0.05, 0.1) is 4.75 Å². The van der Waals surface area contributed by atoms with E-state index in [-0.39, 0.29) is 10.8 Å². The Morgan fingerprint density at radius 2 is 2.09 bits per heavy atom. The summed E-state index contributed by atoms with van der Waals surface area (Å²) in [6.45, 7) is 9.19. The second kappa shape index (κ2) is 6.91. The van der Waals surface area contributed by atoms with E-state index >= 15 is 0 Å². The molecule has 0 bridgehead atoms. The van der Waals surface area contributed by atoms with Gasteiger partial charge in [0.1, 0.15) is 0 Å². The predicted molar refractivity (Wildman–Crippen MR) is 97.7 cm³/mol. The van der Waals surface area contributed by atoms with Crippen LogP contribution in [0.4, 0.5) is 16.2 Å². The molecule has 1 atom stereocenters. The van der Waals surface area contributed by atoms with E-state index in [1.54, 1.807) is 4.90 Å². The number of nitrogens with one attached hydrogen (secondary N) is 1. The maximum atomic E-state index is 12.5. The summed E-state index contributed by atoms with van der Waals surface area (Å²) in [5.74, 6) is 0.538. The molecule has 6 heteroatoms. The number of carbonyl (C=O) groups excluding carboxylic acids is 1. The third kappa shape index (κ3) is 4.25. The van der Waals surface area contributed by atoms with Gasteiger partial charge in [0.15, 0.2) is 0 Å². The number of urea groups is 1. The maximum Gasteiger partial charge on any atom is 0.321 e. The first-order valence-corrected chi connectivity index (χ1v) is 9.30. The topological polar surface area (TPSA) is 52.7 Å². The first-order chi connectivity index (χ1) is 10.7. The van der Waals surface area contributed by atoms with Crippen molar-refractivity contribution in [2.24, 2.45) is 0 Å². The third-order valence-electron chi connectivity index (χ3n) is 4.30. The molecule has 128 valence electrons. The quantitative estimate of drug-likeness (QED) is 0.923. The van der Waals surface area contributed by atoms with Gasteiger partial charge in [-0.15, -0.1) is 0 Å². The van der Waals surface area contributed by atoms with Crippen LogP contribution in [-0.4, -0.2) is 51.8 Å². The van der Waals surface area contributed by atoms with Crippen molar-refractivity contribution in [2.75, 3.05) is 36.1 Å². The van der Waals surface area contributed by atoms with Crippen LogP contribution in [0.15, 0.2) is 24.3 Å². The van der Waals surface area contributed by atoms with Crippen LogP contribution in [0.3, 0.4) is 0 Å². The number of anilines is 2. The highest BCUT2D eigenvalue weighted by Crippen LogP contribution is 2.23. The fourth-order valence-corrected chi connectivity index (χ4v) is 3.80. The average Bonchev–Trinajstić information content (AvgIpc) is 2.49. The van der Waals surface area contributed by atoms with Crippen molar-refractivity contribution >= 4 is 28.2 Å². The zero-order valence-electron chi connectivity index (χ0n) is 14.6. The van der Waals surface area contributed by atoms with Gasteiger partial charge in [-0.25, -0.2) is 4.79 Å². The summed E-state index contributed by atoms with van der Waals surface area (Å²) in [4.78, 5) is 16.4. The molecular formula is C17H27N3O2S. The van der Waals surface area contributed by atoms with Crippen molar-refractivity contribution in [1.29, 1.82) is 0 Å². The molecule has 23 heavy (non-hydrogen) atoms. The molecule has 1 heterocycles. The molecule has 0 radical (unpaired) electrons. The Kier molecular flexibility index (Phi) is 5.34. The molecule has 1 aromatic carbocycles. The largest absolute Gasteiger partial charge is 0.372 e. The number of hydrogen-bond acceptors (Lipinski definition) is 3. The molecule has 1 saturated heterocycles. The van der Waals surface area contributed by atoms with Crippen molar-refractivity contribution in [3.05, 3.63) is 24.3 Å². The molecule has 0 spiro atoms. The van der Waals surface area contributed by atoms with Crippen LogP contribution in [-0.2, 0) is 10.8 Å². The molecule has 0 unspecified atom stereocenters. The lowest BCUT2D eigenvalue weighted by atomic mass is 10.2. The van der Waals surface area contributed by atoms with Crippen molar-refractivity contribution < 1.29 is 9.00 Å². The molecule has 1 aromatic rings. The molecular weight excluding hydrogens is 310 g/mol. The normalized spacial score (nSPS) is 20.4. The molecule has 0 saturated carbocycles. The number of amides is 2. The van der Waals surface area contributed by atoms with Gasteiger partial charge in [0.2, 0.25) is 0 Å². The molecule has 0 aromatic heterocycles. The summed E-state index contributed by atoms with van der Waals surface area (Å²) in [7, 11) is 1.16. The number of hydrogen-bond donors (Lipinski definition) is 1. The SMILES string of the molecule is CC(C)N(C)c1cccc(NC(=O)N2CC[S@@](=O)C(C)(C)C2)c1. The molecule has 0 aliphatic carbocycles. The Balaban J connectivity index is 2.06. The third-order valence-corrected chi connectivity index (χ3v) is 6.22. The van der Waals surface area contributed by atoms with Crippen LogP contribution in [0.5, 0.6) is 0 Å². The number of rotatable bonds is 3. The summed E-state index contributed by atoms with van der Waals surface area (Å²) in [6, 6.07) is 8.11. The molecule has 5 nitrogen and oxygen atoms in total. The van der Waals surface area contributed by atoms with Crippen LogP contribution >= 0.6 is 0 Å². The first-order valence-electron chi connectivity index (χ1n) is 7.98. The van der Waals surface area contributed by atoms with Gasteiger partial charge in [-0.1, -0.05) is 6.07 Å². The van der Waals surface area contributed by atoms with E-state index in [1.807, 2.05) is 45.2 Å². The zero-order chi connectivity index (χ0) is 17.2. The van der Waals surface area contributed by atoms with Gasteiger partial charge in [0.25, 0.3) is 0 Å². The number of benzene rings is 1. The predicted octanol–water partition coefficient (Wildman–Crippen LogP) is 2.91. The summed E-state index contributed by atoms with van der Waals surface area (Å²) in [6.07, 6.45) is 0. The van der Waals surface area contributed by atoms with E-state index in [0.29, 0.717) is 24.9 Å². The standard InChI is InChI=1S/C17H27N3O2S/c1-13(2)19(5)15-8-6-7-14(11-15)18-16(21)20-9-10-23(22)17(3,4)12-20/h6-8,11,13H,9-10,12H2,1-5H3,(H,18,21)/t23-/m1/s1. The molecule has 1 aliphatic rings. The highest BCUT2D eigenvalue weighted by atomic mass is 32.2. The minimum absolute atomic E-state index is 0.126. The fraction of sp³-hybridized carbons (Fsp3) is 0.588. The fourth-order valence-electron chi connectivity index (χ4n) is 2.56. The van der Waals surface area contributed by atoms with Gasteiger partial charge in [0, 0.05) is 54.1 Å². The van der Waals surface area contributed by atoms with Crippen LogP contribution in [0.1, 0.15) is 27.7 Å². The van der Waals surface area contributed by atoms with Gasteiger partial charge < -0.3 is 15.1 Å². The first kappa shape index (κ1) is 17.8. The van der Waals surface area contributed by atoms with Crippen molar-refractivity contribution in [3.8, 4) is 0 Å². The van der Waals surface area contributed by atoms with E-state index in [2.05, 4.69) is 24.1 Å². The lowest BCUT2D eigenvalue weighted by Gasteiger charge is -2.37. The lowest BCUT2D eigenvalue weighted by molar-refractivity contribution is 0.207. The number of carbonyl (C=O) groups is 1. The van der Waals surface area contributed by atoms with E-state index in [4.69, 9.17) is 0 Å². The second-order valence-electron chi connectivity index (χ2n) is 6.92. The monoisotopic (exact) mass is 337 g/mol. The van der Waals surface area contributed by atoms with E-state index in [1.165, 1.54) is 0 Å². The van der Waals surface area contributed by atoms with E-state index < -0.39 is 10.8 Å². The highest BCUT2D eigenvalue weighted by Gasteiger charge is 2.35. The molecule has 1 aliphatic heterocycles. The Morgan fingerprint density at radius 3 is 2.70 bits per heavy atom. The Morgan fingerprint density at radius 1 is 1.39 bits per heavy atom. The minimum atomic E-state index is -0.878. The summed E-state index contributed by atoms with van der Waals surface area (Å²) in [5.41, 5.74) is 1.85. The molecule has 2 rings (SSSR count). The van der Waals surface area contributed by atoms with Crippen LogP contribution in [0.25, 0.3) is 0 Å². The summed E-state index contributed by atoms with van der Waals surface area (Å²) < 4.78 is 11.6. The van der Waals surface area contributed by atoms with Gasteiger partial charge in [-0.3, -0.25) is 4.21 Å². The maximum absolute atomic E-state index is 12.5. The summed E-state index contributed by atoms with van der Waals surface area (Å²) >= 11 is 0. The van der Waals surface area contributed by atoms with E-state index in [9.17, 15) is 9.00 Å². The van der Waals surface area contributed by atoms with Crippen LogP contribution in [0.2, 0.25) is 0 Å². The summed E-state index contributed by atoms with van der Waals surface area (Å²) in [5, 5.41) is 2.96. The van der Waals surface area contributed by atoms with Crippen molar-refractivity contribution in [3.63, 3.8) is 0 Å².